The topological polar surface area (TPSA) is 59.0 Å². The standard InChI is InChI=1S/C27H31NO4S2/c29-25(27(30,23-9-4-17-33-23)24-10-5-18-34-24)32-26(20-28-14-11-22(26)12-15-28)13-6-16-31-19-21-7-2-1-3-8-21/h1-5,7-10,17-18,22,30H,6,11-16,19-20H2/t26-/m0/s1. The van der Waals surface area contributed by atoms with E-state index in [1.165, 1.54) is 22.7 Å². The average Bonchev–Trinajstić information content (AvgIpc) is 3.60. The number of benzene rings is 1. The molecule has 2 aromatic heterocycles. The molecule has 3 fully saturated rings. The van der Waals surface area contributed by atoms with Gasteiger partial charge in [0.25, 0.3) is 0 Å². The molecular formula is C27H31NO4S2. The molecule has 0 saturated carbocycles. The maximum absolute atomic E-state index is 13.8. The zero-order valence-electron chi connectivity index (χ0n) is 19.2. The minimum absolute atomic E-state index is 0.312. The van der Waals surface area contributed by atoms with Crippen LogP contribution in [0, 0.1) is 5.92 Å². The van der Waals surface area contributed by atoms with Gasteiger partial charge < -0.3 is 14.6 Å². The average molecular weight is 498 g/mol. The van der Waals surface area contributed by atoms with Crippen molar-refractivity contribution in [1.82, 2.24) is 4.90 Å². The fraction of sp³-hybridized carbons (Fsp3) is 0.444. The van der Waals surface area contributed by atoms with Crippen molar-refractivity contribution in [2.24, 2.45) is 5.92 Å². The number of nitrogens with zero attached hydrogens (tertiary/aromatic N) is 1. The molecule has 5 heterocycles. The fourth-order valence-corrected chi connectivity index (χ4v) is 7.08. The van der Waals surface area contributed by atoms with Crippen molar-refractivity contribution >= 4 is 28.6 Å². The molecule has 0 radical (unpaired) electrons. The van der Waals surface area contributed by atoms with Crippen molar-refractivity contribution in [1.29, 1.82) is 0 Å². The second-order valence-electron chi connectivity index (χ2n) is 9.31. The summed E-state index contributed by atoms with van der Waals surface area (Å²) >= 11 is 2.76. The molecule has 3 aromatic rings. The van der Waals surface area contributed by atoms with Crippen LogP contribution in [0.5, 0.6) is 0 Å². The lowest BCUT2D eigenvalue weighted by Crippen LogP contribution is -2.62. The Labute approximate surface area is 209 Å². The SMILES string of the molecule is O=C(O[C@@]1(CCCOCc2ccccc2)CN2CCC1CC2)C(O)(c1cccs1)c1cccs1. The van der Waals surface area contributed by atoms with Crippen LogP contribution in [0.15, 0.2) is 65.4 Å². The Bertz CT molecular complexity index is 1010. The summed E-state index contributed by atoms with van der Waals surface area (Å²) in [6.45, 7) is 4.02. The minimum Gasteiger partial charge on any atom is -0.455 e. The van der Waals surface area contributed by atoms with E-state index in [-0.39, 0.29) is 0 Å². The first-order chi connectivity index (χ1) is 16.6. The van der Waals surface area contributed by atoms with Gasteiger partial charge in [0.2, 0.25) is 5.60 Å². The number of hydrogen-bond donors (Lipinski definition) is 1. The molecule has 3 aliphatic rings. The van der Waals surface area contributed by atoms with Crippen molar-refractivity contribution < 1.29 is 19.4 Å². The molecule has 3 aliphatic heterocycles. The molecule has 7 heteroatoms. The van der Waals surface area contributed by atoms with E-state index in [0.29, 0.717) is 28.9 Å². The van der Waals surface area contributed by atoms with E-state index in [1.54, 1.807) is 0 Å². The first-order valence-corrected chi connectivity index (χ1v) is 13.7. The lowest BCUT2D eigenvalue weighted by Gasteiger charge is -2.53. The number of rotatable bonds is 10. The van der Waals surface area contributed by atoms with Crippen LogP contribution in [0.3, 0.4) is 0 Å². The zero-order valence-corrected chi connectivity index (χ0v) is 20.9. The summed E-state index contributed by atoms with van der Waals surface area (Å²) in [6.07, 6.45) is 3.59. The maximum atomic E-state index is 13.8. The molecule has 34 heavy (non-hydrogen) atoms. The van der Waals surface area contributed by atoms with E-state index in [0.717, 1.165) is 50.9 Å². The number of esters is 1. The molecule has 1 aromatic carbocycles. The van der Waals surface area contributed by atoms with Crippen LogP contribution >= 0.6 is 22.7 Å². The van der Waals surface area contributed by atoms with Crippen molar-refractivity contribution in [3.8, 4) is 0 Å². The highest BCUT2D eigenvalue weighted by Crippen LogP contribution is 2.44. The maximum Gasteiger partial charge on any atom is 0.350 e. The van der Waals surface area contributed by atoms with Crippen molar-refractivity contribution in [3.05, 3.63) is 80.7 Å². The first kappa shape index (κ1) is 23.7. The molecule has 5 nitrogen and oxygen atoms in total. The number of thiophene rings is 2. The summed E-state index contributed by atoms with van der Waals surface area (Å²) in [4.78, 5) is 17.4. The Morgan fingerprint density at radius 2 is 1.71 bits per heavy atom. The van der Waals surface area contributed by atoms with Gasteiger partial charge in [0.15, 0.2) is 0 Å². The van der Waals surface area contributed by atoms with E-state index in [1.807, 2.05) is 53.2 Å². The third-order valence-corrected chi connectivity index (χ3v) is 9.13. The number of aliphatic hydroxyl groups is 1. The molecular weight excluding hydrogens is 466 g/mol. The van der Waals surface area contributed by atoms with Gasteiger partial charge in [-0.25, -0.2) is 4.79 Å². The summed E-state index contributed by atoms with van der Waals surface area (Å²) < 4.78 is 12.3. The number of ether oxygens (including phenoxy) is 2. The van der Waals surface area contributed by atoms with E-state index < -0.39 is 17.2 Å². The summed E-state index contributed by atoms with van der Waals surface area (Å²) in [6, 6.07) is 17.5. The van der Waals surface area contributed by atoms with Crippen LogP contribution in [0.4, 0.5) is 0 Å². The summed E-state index contributed by atoms with van der Waals surface area (Å²) in [7, 11) is 0. The number of carbonyl (C=O) groups is 1. The molecule has 0 unspecified atom stereocenters. The van der Waals surface area contributed by atoms with Gasteiger partial charge in [-0.3, -0.25) is 4.90 Å². The van der Waals surface area contributed by atoms with Crippen molar-refractivity contribution in [2.45, 2.75) is 43.5 Å². The van der Waals surface area contributed by atoms with Crippen LogP contribution in [-0.4, -0.2) is 47.8 Å². The lowest BCUT2D eigenvalue weighted by molar-refractivity contribution is -0.201. The summed E-state index contributed by atoms with van der Waals surface area (Å²) in [5.41, 5.74) is -1.21. The summed E-state index contributed by atoms with van der Waals surface area (Å²) in [5.74, 6) is -0.247. The quantitative estimate of drug-likeness (QED) is 0.314. The van der Waals surface area contributed by atoms with Gasteiger partial charge in [0.1, 0.15) is 5.60 Å². The Balaban J connectivity index is 1.31. The van der Waals surface area contributed by atoms with Crippen LogP contribution < -0.4 is 0 Å². The smallest absolute Gasteiger partial charge is 0.350 e. The molecule has 3 saturated heterocycles. The summed E-state index contributed by atoms with van der Waals surface area (Å²) in [5, 5.41) is 15.5. The normalized spacial score (nSPS) is 24.3. The van der Waals surface area contributed by atoms with Crippen LogP contribution in [0.25, 0.3) is 0 Å². The largest absolute Gasteiger partial charge is 0.455 e. The van der Waals surface area contributed by atoms with Gasteiger partial charge in [-0.15, -0.1) is 22.7 Å². The molecule has 0 aliphatic carbocycles. The third-order valence-electron chi connectivity index (χ3n) is 7.17. The molecule has 6 rings (SSSR count). The van der Waals surface area contributed by atoms with E-state index in [9.17, 15) is 9.90 Å². The highest BCUT2D eigenvalue weighted by molar-refractivity contribution is 7.12. The number of fused-ring (bicyclic) bond motifs is 3. The fourth-order valence-electron chi connectivity index (χ4n) is 5.36. The Morgan fingerprint density at radius 1 is 1.03 bits per heavy atom. The van der Waals surface area contributed by atoms with Crippen LogP contribution in [0.2, 0.25) is 0 Å². The second kappa shape index (κ2) is 10.3. The lowest BCUT2D eigenvalue weighted by atomic mass is 9.72. The third kappa shape index (κ3) is 4.72. The molecule has 1 atom stereocenters. The van der Waals surface area contributed by atoms with Crippen LogP contribution in [0.1, 0.15) is 41.0 Å². The van der Waals surface area contributed by atoms with Gasteiger partial charge in [-0.1, -0.05) is 42.5 Å². The predicted octanol–water partition coefficient (Wildman–Crippen LogP) is 5.05. The highest BCUT2D eigenvalue weighted by atomic mass is 32.1. The Kier molecular flexibility index (Phi) is 7.18. The second-order valence-corrected chi connectivity index (χ2v) is 11.2. The monoisotopic (exact) mass is 497 g/mol. The molecule has 180 valence electrons. The van der Waals surface area contributed by atoms with Crippen molar-refractivity contribution in [2.75, 3.05) is 26.2 Å². The highest BCUT2D eigenvalue weighted by Gasteiger charge is 2.53. The number of piperidine rings is 3. The van der Waals surface area contributed by atoms with E-state index in [2.05, 4.69) is 17.0 Å². The van der Waals surface area contributed by atoms with E-state index >= 15 is 0 Å². The van der Waals surface area contributed by atoms with Gasteiger partial charge in [0, 0.05) is 19.1 Å². The van der Waals surface area contributed by atoms with Gasteiger partial charge in [0.05, 0.1) is 16.4 Å². The van der Waals surface area contributed by atoms with Gasteiger partial charge in [-0.05, 0) is 67.2 Å². The van der Waals surface area contributed by atoms with Crippen LogP contribution in [-0.2, 0) is 26.5 Å². The molecule has 0 amide bonds. The number of carbonyl (C=O) groups excluding carboxylic acids is 1. The van der Waals surface area contributed by atoms with Crippen molar-refractivity contribution in [3.63, 3.8) is 0 Å². The zero-order chi connectivity index (χ0) is 23.4. The van der Waals surface area contributed by atoms with E-state index in [4.69, 9.17) is 9.47 Å². The first-order valence-electron chi connectivity index (χ1n) is 12.0. The van der Waals surface area contributed by atoms with Gasteiger partial charge >= 0.3 is 5.97 Å². The molecule has 1 N–H and O–H groups in total. The Hall–Kier alpha value is -2.03. The number of hydrogen-bond acceptors (Lipinski definition) is 7. The van der Waals surface area contributed by atoms with Gasteiger partial charge in [-0.2, -0.15) is 0 Å². The predicted molar refractivity (Wildman–Crippen MR) is 135 cm³/mol. The Morgan fingerprint density at radius 3 is 2.26 bits per heavy atom. The molecule has 0 spiro atoms. The minimum atomic E-state index is -1.77. The molecule has 2 bridgehead atoms.